The molecule has 1 atom stereocenters. The molecule has 0 aliphatic carbocycles. The van der Waals surface area contributed by atoms with Crippen LogP contribution in [0, 0.1) is 0 Å². The van der Waals surface area contributed by atoms with Crippen molar-refractivity contribution in [1.29, 1.82) is 0 Å². The lowest BCUT2D eigenvalue weighted by Gasteiger charge is -2.23. The first kappa shape index (κ1) is 17.0. The SMILES string of the molecule is CC1(CNS(=O)(=O)c2ccc(Cl)c(CN)c2Cl)CCCO1. The van der Waals surface area contributed by atoms with Crippen LogP contribution in [0.3, 0.4) is 0 Å². The molecule has 21 heavy (non-hydrogen) atoms. The second kappa shape index (κ2) is 6.40. The summed E-state index contributed by atoms with van der Waals surface area (Å²) >= 11 is 12.1. The summed E-state index contributed by atoms with van der Waals surface area (Å²) in [5, 5.41) is 0.419. The fraction of sp³-hybridized carbons (Fsp3) is 0.538. The third-order valence-electron chi connectivity index (χ3n) is 3.58. The zero-order chi connectivity index (χ0) is 15.7. The lowest BCUT2D eigenvalue weighted by molar-refractivity contribution is 0.0250. The molecule has 1 saturated heterocycles. The van der Waals surface area contributed by atoms with Crippen LogP contribution in [0.5, 0.6) is 0 Å². The first-order valence-corrected chi connectivity index (χ1v) is 8.83. The standard InChI is InChI=1S/C13H18Cl2N2O3S/c1-13(5-2-6-20-13)8-17-21(18,19)11-4-3-10(14)9(7-16)12(11)15/h3-4,17H,2,5-8,16H2,1H3. The second-order valence-corrected chi connectivity index (χ2v) is 7.79. The molecule has 1 unspecified atom stereocenters. The summed E-state index contributed by atoms with van der Waals surface area (Å²) in [4.78, 5) is -0.0180. The van der Waals surface area contributed by atoms with E-state index in [2.05, 4.69) is 4.72 Å². The van der Waals surface area contributed by atoms with Crippen molar-refractivity contribution >= 4 is 33.2 Å². The maximum absolute atomic E-state index is 12.4. The Morgan fingerprint density at radius 1 is 1.43 bits per heavy atom. The lowest BCUT2D eigenvalue weighted by atomic mass is 10.0. The molecule has 1 aromatic rings. The molecule has 0 saturated carbocycles. The number of rotatable bonds is 5. The molecule has 1 aliphatic heterocycles. The number of hydrogen-bond acceptors (Lipinski definition) is 4. The topological polar surface area (TPSA) is 81.4 Å². The van der Waals surface area contributed by atoms with E-state index in [1.807, 2.05) is 6.92 Å². The monoisotopic (exact) mass is 352 g/mol. The van der Waals surface area contributed by atoms with Gasteiger partial charge in [-0.05, 0) is 31.9 Å². The van der Waals surface area contributed by atoms with Gasteiger partial charge in [-0.2, -0.15) is 0 Å². The first-order chi connectivity index (χ1) is 9.79. The van der Waals surface area contributed by atoms with Gasteiger partial charge in [0.2, 0.25) is 10.0 Å². The Kier molecular flexibility index (Phi) is 5.18. The lowest BCUT2D eigenvalue weighted by Crippen LogP contribution is -2.40. The molecule has 1 heterocycles. The summed E-state index contributed by atoms with van der Waals surface area (Å²) in [6, 6.07) is 2.86. The van der Waals surface area contributed by atoms with Gasteiger partial charge in [-0.25, -0.2) is 13.1 Å². The molecule has 3 N–H and O–H groups in total. The molecular formula is C13H18Cl2N2O3S. The van der Waals surface area contributed by atoms with Crippen LogP contribution in [0.4, 0.5) is 0 Å². The number of benzene rings is 1. The van der Waals surface area contributed by atoms with Gasteiger partial charge in [0.15, 0.2) is 0 Å². The van der Waals surface area contributed by atoms with Gasteiger partial charge in [-0.15, -0.1) is 0 Å². The van der Waals surface area contributed by atoms with E-state index in [4.69, 9.17) is 33.7 Å². The number of sulfonamides is 1. The number of nitrogens with two attached hydrogens (primary N) is 1. The van der Waals surface area contributed by atoms with E-state index >= 15 is 0 Å². The van der Waals surface area contributed by atoms with Crippen LogP contribution in [0.25, 0.3) is 0 Å². The highest BCUT2D eigenvalue weighted by Crippen LogP contribution is 2.31. The van der Waals surface area contributed by atoms with Gasteiger partial charge in [0.25, 0.3) is 0 Å². The number of nitrogens with one attached hydrogen (secondary N) is 1. The fourth-order valence-electron chi connectivity index (χ4n) is 2.27. The molecule has 2 rings (SSSR count). The molecule has 118 valence electrons. The molecule has 0 aromatic heterocycles. The van der Waals surface area contributed by atoms with E-state index in [9.17, 15) is 8.42 Å². The Labute approximate surface area is 134 Å². The average Bonchev–Trinajstić information content (AvgIpc) is 2.84. The molecule has 1 aliphatic rings. The fourth-order valence-corrected chi connectivity index (χ4v) is 4.36. The zero-order valence-electron chi connectivity index (χ0n) is 11.7. The van der Waals surface area contributed by atoms with E-state index in [0.29, 0.717) is 17.2 Å². The van der Waals surface area contributed by atoms with Crippen molar-refractivity contribution in [3.8, 4) is 0 Å². The maximum atomic E-state index is 12.4. The van der Waals surface area contributed by atoms with Gasteiger partial charge in [0.1, 0.15) is 4.90 Å². The van der Waals surface area contributed by atoms with Crippen LogP contribution in [0.2, 0.25) is 10.0 Å². The van der Waals surface area contributed by atoms with E-state index in [-0.39, 0.29) is 23.0 Å². The van der Waals surface area contributed by atoms with Crippen molar-refractivity contribution in [2.24, 2.45) is 5.73 Å². The molecule has 1 fully saturated rings. The van der Waals surface area contributed by atoms with Gasteiger partial charge in [-0.1, -0.05) is 23.2 Å². The largest absolute Gasteiger partial charge is 0.374 e. The zero-order valence-corrected chi connectivity index (χ0v) is 14.0. The summed E-state index contributed by atoms with van der Waals surface area (Å²) in [5.41, 5.74) is 5.51. The predicted octanol–water partition coefficient (Wildman–Crippen LogP) is 2.30. The highest BCUT2D eigenvalue weighted by molar-refractivity contribution is 7.89. The minimum absolute atomic E-state index is 0.0180. The molecule has 5 nitrogen and oxygen atoms in total. The van der Waals surface area contributed by atoms with Crippen molar-refractivity contribution < 1.29 is 13.2 Å². The Morgan fingerprint density at radius 2 is 2.14 bits per heavy atom. The summed E-state index contributed by atoms with van der Waals surface area (Å²) in [7, 11) is -3.74. The smallest absolute Gasteiger partial charge is 0.242 e. The van der Waals surface area contributed by atoms with Crippen molar-refractivity contribution in [1.82, 2.24) is 4.72 Å². The molecule has 1 aromatic carbocycles. The Morgan fingerprint density at radius 3 is 2.71 bits per heavy atom. The van der Waals surface area contributed by atoms with Crippen molar-refractivity contribution in [3.05, 3.63) is 27.7 Å². The molecule has 8 heteroatoms. The van der Waals surface area contributed by atoms with E-state index < -0.39 is 15.6 Å². The summed E-state index contributed by atoms with van der Waals surface area (Å²) in [6.45, 7) is 2.81. The van der Waals surface area contributed by atoms with Crippen LogP contribution in [-0.4, -0.2) is 27.2 Å². The average molecular weight is 353 g/mol. The Bertz CT molecular complexity index is 629. The van der Waals surface area contributed by atoms with Crippen LogP contribution in [0.15, 0.2) is 17.0 Å². The van der Waals surface area contributed by atoms with Crippen LogP contribution in [-0.2, 0) is 21.3 Å². The summed E-state index contributed by atoms with van der Waals surface area (Å²) < 4.78 is 32.9. The Balaban J connectivity index is 2.24. The molecule has 0 amide bonds. The maximum Gasteiger partial charge on any atom is 0.242 e. The van der Waals surface area contributed by atoms with Crippen molar-refractivity contribution in [2.45, 2.75) is 36.8 Å². The number of ether oxygens (including phenoxy) is 1. The summed E-state index contributed by atoms with van der Waals surface area (Å²) in [6.07, 6.45) is 1.75. The van der Waals surface area contributed by atoms with Gasteiger partial charge >= 0.3 is 0 Å². The molecule has 0 spiro atoms. The Hall–Kier alpha value is -0.370. The van der Waals surface area contributed by atoms with Gasteiger partial charge in [-0.3, -0.25) is 0 Å². The van der Waals surface area contributed by atoms with E-state index in [1.165, 1.54) is 12.1 Å². The molecule has 0 bridgehead atoms. The molecule has 0 radical (unpaired) electrons. The quantitative estimate of drug-likeness (QED) is 0.851. The van der Waals surface area contributed by atoms with E-state index in [0.717, 1.165) is 12.8 Å². The highest BCUT2D eigenvalue weighted by atomic mass is 35.5. The van der Waals surface area contributed by atoms with E-state index in [1.54, 1.807) is 0 Å². The van der Waals surface area contributed by atoms with Crippen molar-refractivity contribution in [3.63, 3.8) is 0 Å². The normalized spacial score (nSPS) is 22.7. The van der Waals surface area contributed by atoms with Crippen LogP contribution < -0.4 is 10.5 Å². The first-order valence-electron chi connectivity index (χ1n) is 6.60. The third-order valence-corrected chi connectivity index (χ3v) is 5.92. The molecular weight excluding hydrogens is 335 g/mol. The van der Waals surface area contributed by atoms with Crippen molar-refractivity contribution in [2.75, 3.05) is 13.2 Å². The highest BCUT2D eigenvalue weighted by Gasteiger charge is 2.32. The number of hydrogen-bond donors (Lipinski definition) is 2. The predicted molar refractivity (Wildman–Crippen MR) is 83.1 cm³/mol. The van der Waals surface area contributed by atoms with Gasteiger partial charge < -0.3 is 10.5 Å². The minimum Gasteiger partial charge on any atom is -0.374 e. The van der Waals surface area contributed by atoms with Gasteiger partial charge in [0, 0.05) is 30.3 Å². The minimum atomic E-state index is -3.74. The van der Waals surface area contributed by atoms with Crippen LogP contribution >= 0.6 is 23.2 Å². The van der Waals surface area contributed by atoms with Gasteiger partial charge in [0.05, 0.1) is 10.6 Å². The second-order valence-electron chi connectivity index (χ2n) is 5.27. The summed E-state index contributed by atoms with van der Waals surface area (Å²) in [5.74, 6) is 0. The number of halogens is 2. The van der Waals surface area contributed by atoms with Crippen LogP contribution in [0.1, 0.15) is 25.3 Å². The third kappa shape index (κ3) is 3.70.